The summed E-state index contributed by atoms with van der Waals surface area (Å²) in [4.78, 5) is 13.3. The molecule has 3 N–H and O–H groups in total. The highest BCUT2D eigenvalue weighted by Gasteiger charge is 2.36. The standard InChI is InChI=1S/C10H16N4O2/c1-7(11)10(16)13-5-8(9(15)6-13)14-4-2-3-12-14/h2-4,7-9,15H,5-6,11H2,1H3/t7-,8+,9+/m0/s1. The smallest absolute Gasteiger partial charge is 0.239 e. The van der Waals surface area contributed by atoms with Crippen LogP contribution in [-0.2, 0) is 4.79 Å². The number of hydrogen-bond donors (Lipinski definition) is 2. The Hall–Kier alpha value is -1.40. The average Bonchev–Trinajstić information content (AvgIpc) is 2.84. The lowest BCUT2D eigenvalue weighted by Gasteiger charge is -2.18. The van der Waals surface area contributed by atoms with Crippen LogP contribution < -0.4 is 5.73 Å². The summed E-state index contributed by atoms with van der Waals surface area (Å²) in [5, 5.41) is 13.9. The molecule has 1 amide bonds. The zero-order valence-electron chi connectivity index (χ0n) is 9.15. The number of rotatable bonds is 2. The fourth-order valence-corrected chi connectivity index (χ4v) is 1.97. The highest BCUT2D eigenvalue weighted by Crippen LogP contribution is 2.21. The highest BCUT2D eigenvalue weighted by atomic mass is 16.3. The predicted molar refractivity (Wildman–Crippen MR) is 57.5 cm³/mol. The van der Waals surface area contributed by atoms with Gasteiger partial charge in [0.25, 0.3) is 0 Å². The molecule has 1 saturated heterocycles. The number of carbonyl (C=O) groups excluding carboxylic acids is 1. The lowest BCUT2D eigenvalue weighted by atomic mass is 10.2. The van der Waals surface area contributed by atoms with Gasteiger partial charge < -0.3 is 15.7 Å². The van der Waals surface area contributed by atoms with E-state index in [4.69, 9.17) is 5.73 Å². The van der Waals surface area contributed by atoms with Crippen LogP contribution in [-0.4, -0.2) is 50.9 Å². The zero-order valence-corrected chi connectivity index (χ0v) is 9.15. The number of amides is 1. The molecule has 0 unspecified atom stereocenters. The summed E-state index contributed by atoms with van der Waals surface area (Å²) in [6, 6.07) is 1.10. The van der Waals surface area contributed by atoms with Crippen LogP contribution in [0.2, 0.25) is 0 Å². The predicted octanol–water partition coefficient (Wildman–Crippen LogP) is -1.03. The molecule has 0 radical (unpaired) electrons. The van der Waals surface area contributed by atoms with Gasteiger partial charge >= 0.3 is 0 Å². The van der Waals surface area contributed by atoms with Crippen LogP contribution in [0.4, 0.5) is 0 Å². The second kappa shape index (κ2) is 4.23. The summed E-state index contributed by atoms with van der Waals surface area (Å²) >= 11 is 0. The van der Waals surface area contributed by atoms with Crippen LogP contribution in [0.3, 0.4) is 0 Å². The minimum Gasteiger partial charge on any atom is -0.389 e. The fourth-order valence-electron chi connectivity index (χ4n) is 1.97. The summed E-state index contributed by atoms with van der Waals surface area (Å²) in [6.07, 6.45) is 2.86. The largest absolute Gasteiger partial charge is 0.389 e. The van der Waals surface area contributed by atoms with Gasteiger partial charge in [-0.15, -0.1) is 0 Å². The first kappa shape index (κ1) is 11.1. The molecule has 0 saturated carbocycles. The van der Waals surface area contributed by atoms with Gasteiger partial charge in [0.1, 0.15) is 0 Å². The summed E-state index contributed by atoms with van der Waals surface area (Å²) in [6.45, 7) is 2.43. The van der Waals surface area contributed by atoms with Gasteiger partial charge in [-0.3, -0.25) is 9.48 Å². The lowest BCUT2D eigenvalue weighted by Crippen LogP contribution is -2.41. The Morgan fingerprint density at radius 3 is 2.94 bits per heavy atom. The van der Waals surface area contributed by atoms with Gasteiger partial charge in [0, 0.05) is 25.5 Å². The van der Waals surface area contributed by atoms with Crippen molar-refractivity contribution >= 4 is 5.91 Å². The topological polar surface area (TPSA) is 84.4 Å². The molecule has 2 rings (SSSR count). The van der Waals surface area contributed by atoms with Crippen LogP contribution in [0, 0.1) is 0 Å². The molecule has 88 valence electrons. The molecule has 1 aromatic heterocycles. The number of aromatic nitrogens is 2. The Kier molecular flexibility index (Phi) is 2.93. The maximum absolute atomic E-state index is 11.7. The normalized spacial score (nSPS) is 27.1. The van der Waals surface area contributed by atoms with Crippen molar-refractivity contribution in [3.8, 4) is 0 Å². The molecule has 2 heterocycles. The Morgan fingerprint density at radius 1 is 1.62 bits per heavy atom. The van der Waals surface area contributed by atoms with Gasteiger partial charge in [-0.25, -0.2) is 0 Å². The quantitative estimate of drug-likeness (QED) is 0.673. The summed E-state index contributed by atoms with van der Waals surface area (Å²) < 4.78 is 1.68. The third-order valence-corrected chi connectivity index (χ3v) is 2.82. The summed E-state index contributed by atoms with van der Waals surface area (Å²) in [5.74, 6) is -0.131. The molecule has 0 aromatic carbocycles. The van der Waals surface area contributed by atoms with E-state index in [0.29, 0.717) is 13.1 Å². The van der Waals surface area contributed by atoms with Crippen molar-refractivity contribution in [3.63, 3.8) is 0 Å². The second-order valence-corrected chi connectivity index (χ2v) is 4.15. The third kappa shape index (κ3) is 1.94. The van der Waals surface area contributed by atoms with E-state index in [-0.39, 0.29) is 11.9 Å². The van der Waals surface area contributed by atoms with Crippen LogP contribution in [0.15, 0.2) is 18.5 Å². The molecular weight excluding hydrogens is 208 g/mol. The minimum atomic E-state index is -0.581. The minimum absolute atomic E-state index is 0.131. The van der Waals surface area contributed by atoms with Crippen molar-refractivity contribution in [2.75, 3.05) is 13.1 Å². The van der Waals surface area contributed by atoms with Crippen molar-refractivity contribution in [3.05, 3.63) is 18.5 Å². The lowest BCUT2D eigenvalue weighted by molar-refractivity contribution is -0.131. The van der Waals surface area contributed by atoms with E-state index in [2.05, 4.69) is 5.10 Å². The Morgan fingerprint density at radius 2 is 2.38 bits per heavy atom. The SMILES string of the molecule is C[C@H](N)C(=O)N1C[C@@H](O)[C@H](n2cccn2)C1. The average molecular weight is 224 g/mol. The maximum atomic E-state index is 11.7. The van der Waals surface area contributed by atoms with E-state index in [0.717, 1.165) is 0 Å². The first-order valence-electron chi connectivity index (χ1n) is 5.31. The van der Waals surface area contributed by atoms with Crippen LogP contribution >= 0.6 is 0 Å². The van der Waals surface area contributed by atoms with Crippen LogP contribution in [0.5, 0.6) is 0 Å². The van der Waals surface area contributed by atoms with E-state index in [1.165, 1.54) is 0 Å². The van der Waals surface area contributed by atoms with Gasteiger partial charge in [0.2, 0.25) is 5.91 Å². The number of aliphatic hydroxyl groups is 1. The molecule has 1 aliphatic heterocycles. The van der Waals surface area contributed by atoms with E-state index < -0.39 is 12.1 Å². The molecule has 0 aliphatic carbocycles. The molecule has 1 aromatic rings. The number of β-amino-alcohol motifs (C(OH)–C–C–N with tert-alkyl or cyclic N) is 1. The molecule has 1 aliphatic rings. The first-order valence-corrected chi connectivity index (χ1v) is 5.31. The molecule has 3 atom stereocenters. The fraction of sp³-hybridized carbons (Fsp3) is 0.600. The van der Waals surface area contributed by atoms with Gasteiger partial charge in [0.15, 0.2) is 0 Å². The third-order valence-electron chi connectivity index (χ3n) is 2.82. The van der Waals surface area contributed by atoms with Crippen molar-refractivity contribution in [1.82, 2.24) is 14.7 Å². The Bertz CT molecular complexity index is 363. The van der Waals surface area contributed by atoms with Gasteiger partial charge in [-0.1, -0.05) is 0 Å². The number of nitrogens with two attached hydrogens (primary N) is 1. The number of carbonyl (C=O) groups is 1. The van der Waals surface area contributed by atoms with Crippen molar-refractivity contribution in [2.45, 2.75) is 25.1 Å². The molecule has 1 fully saturated rings. The Labute approximate surface area is 93.6 Å². The maximum Gasteiger partial charge on any atom is 0.239 e. The summed E-state index contributed by atoms with van der Waals surface area (Å²) in [5.41, 5.74) is 5.53. The molecule has 0 bridgehead atoms. The number of hydrogen-bond acceptors (Lipinski definition) is 4. The number of nitrogens with zero attached hydrogens (tertiary/aromatic N) is 3. The van der Waals surface area contributed by atoms with Gasteiger partial charge in [-0.2, -0.15) is 5.10 Å². The van der Waals surface area contributed by atoms with Crippen LogP contribution in [0.1, 0.15) is 13.0 Å². The Balaban J connectivity index is 2.08. The van der Waals surface area contributed by atoms with Crippen molar-refractivity contribution in [2.24, 2.45) is 5.73 Å². The number of likely N-dealkylation sites (tertiary alicyclic amines) is 1. The van der Waals surface area contributed by atoms with Crippen LogP contribution in [0.25, 0.3) is 0 Å². The molecule has 16 heavy (non-hydrogen) atoms. The second-order valence-electron chi connectivity index (χ2n) is 4.15. The highest BCUT2D eigenvalue weighted by molar-refractivity contribution is 5.81. The van der Waals surface area contributed by atoms with E-state index >= 15 is 0 Å². The van der Waals surface area contributed by atoms with Gasteiger partial charge in [0.05, 0.1) is 18.2 Å². The van der Waals surface area contributed by atoms with Gasteiger partial charge in [-0.05, 0) is 13.0 Å². The van der Waals surface area contributed by atoms with E-state index in [1.54, 1.807) is 35.0 Å². The molecular formula is C10H16N4O2. The molecule has 0 spiro atoms. The zero-order chi connectivity index (χ0) is 11.7. The summed E-state index contributed by atoms with van der Waals surface area (Å²) in [7, 11) is 0. The van der Waals surface area contributed by atoms with Crippen molar-refractivity contribution in [1.29, 1.82) is 0 Å². The molecule has 6 nitrogen and oxygen atoms in total. The first-order chi connectivity index (χ1) is 7.59. The van der Waals surface area contributed by atoms with E-state index in [9.17, 15) is 9.90 Å². The van der Waals surface area contributed by atoms with Crippen molar-refractivity contribution < 1.29 is 9.90 Å². The van der Waals surface area contributed by atoms with E-state index in [1.807, 2.05) is 0 Å². The monoisotopic (exact) mass is 224 g/mol. The molecule has 6 heteroatoms. The number of aliphatic hydroxyl groups excluding tert-OH is 1.